The second kappa shape index (κ2) is 4.47. The van der Waals surface area contributed by atoms with E-state index in [0.29, 0.717) is 11.3 Å². The minimum atomic E-state index is -0.0236. The average Bonchev–Trinajstić information content (AvgIpc) is 2.15. The molecule has 0 aliphatic heterocycles. The molecule has 0 heterocycles. The molecule has 3 nitrogen and oxygen atoms in total. The Morgan fingerprint density at radius 1 is 1.25 bits per heavy atom. The summed E-state index contributed by atoms with van der Waals surface area (Å²) in [7, 11) is 0. The van der Waals surface area contributed by atoms with Gasteiger partial charge < -0.3 is 5.32 Å². The largest absolute Gasteiger partial charge is 0.325 e. The topological polar surface area (TPSA) is 46.2 Å². The van der Waals surface area contributed by atoms with Crippen molar-refractivity contribution in [3.05, 3.63) is 29.8 Å². The van der Waals surface area contributed by atoms with Crippen LogP contribution in [-0.4, -0.2) is 11.7 Å². The summed E-state index contributed by atoms with van der Waals surface area (Å²) in [5.41, 5.74) is 1.21. The second-order valence-electron chi connectivity index (χ2n) is 4.22. The maximum Gasteiger partial charge on any atom is 0.227 e. The normalized spacial score (nSPS) is 15.3. The molecule has 0 saturated heterocycles. The Morgan fingerprint density at radius 3 is 2.50 bits per heavy atom. The lowest BCUT2D eigenvalue weighted by Crippen LogP contribution is -2.28. The number of hydrogen-bond donors (Lipinski definition) is 1. The molecule has 1 fully saturated rings. The zero-order valence-corrected chi connectivity index (χ0v) is 9.32. The van der Waals surface area contributed by atoms with Crippen LogP contribution in [0.5, 0.6) is 0 Å². The molecule has 1 aliphatic carbocycles. The quantitative estimate of drug-likeness (QED) is 0.791. The van der Waals surface area contributed by atoms with E-state index in [9.17, 15) is 9.59 Å². The van der Waals surface area contributed by atoms with Gasteiger partial charge in [-0.2, -0.15) is 0 Å². The number of ketones is 1. The van der Waals surface area contributed by atoms with E-state index >= 15 is 0 Å². The molecule has 16 heavy (non-hydrogen) atoms. The molecule has 0 atom stereocenters. The second-order valence-corrected chi connectivity index (χ2v) is 4.22. The van der Waals surface area contributed by atoms with Crippen molar-refractivity contribution in [1.82, 2.24) is 0 Å². The van der Waals surface area contributed by atoms with E-state index in [0.717, 1.165) is 19.3 Å². The number of amides is 1. The Hall–Kier alpha value is -1.64. The number of anilines is 1. The maximum absolute atomic E-state index is 11.7. The number of hydrogen-bond acceptors (Lipinski definition) is 2. The lowest BCUT2D eigenvalue weighted by Gasteiger charge is -2.24. The van der Waals surface area contributed by atoms with Gasteiger partial charge in [0.25, 0.3) is 0 Å². The molecule has 1 aliphatic rings. The number of carbonyl (C=O) groups excluding carboxylic acids is 2. The molecule has 0 unspecified atom stereocenters. The molecule has 0 spiro atoms. The molecule has 0 radical (unpaired) electrons. The van der Waals surface area contributed by atoms with Gasteiger partial charge in [0, 0.05) is 11.5 Å². The van der Waals surface area contributed by atoms with E-state index in [4.69, 9.17) is 0 Å². The third-order valence-electron chi connectivity index (χ3n) is 3.04. The third-order valence-corrected chi connectivity index (χ3v) is 3.04. The molecule has 1 amide bonds. The van der Waals surface area contributed by atoms with Crippen LogP contribution in [0.25, 0.3) is 0 Å². The molecule has 1 aromatic rings. The van der Waals surface area contributed by atoms with Crippen LogP contribution in [0, 0.1) is 5.92 Å². The van der Waals surface area contributed by atoms with Crippen LogP contribution in [0.1, 0.15) is 36.5 Å². The van der Waals surface area contributed by atoms with E-state index in [-0.39, 0.29) is 17.6 Å². The number of nitrogens with one attached hydrogen (secondary N) is 1. The van der Waals surface area contributed by atoms with Gasteiger partial charge in [0.15, 0.2) is 5.78 Å². The summed E-state index contributed by atoms with van der Waals surface area (Å²) in [6.07, 6.45) is 3.06. The zero-order chi connectivity index (χ0) is 11.5. The Balaban J connectivity index is 2.13. The number of carbonyl (C=O) groups is 2. The van der Waals surface area contributed by atoms with E-state index in [1.54, 1.807) is 18.2 Å². The van der Waals surface area contributed by atoms with Gasteiger partial charge in [0.05, 0.1) is 5.69 Å². The van der Waals surface area contributed by atoms with Gasteiger partial charge >= 0.3 is 0 Å². The van der Waals surface area contributed by atoms with Crippen molar-refractivity contribution in [3.63, 3.8) is 0 Å². The van der Waals surface area contributed by atoms with E-state index in [1.807, 2.05) is 6.07 Å². The highest BCUT2D eigenvalue weighted by molar-refractivity contribution is 6.04. The standard InChI is InChI=1S/C13H15NO2/c1-9(15)11-7-2-3-8-12(11)14-13(16)10-5-4-6-10/h2-3,7-8,10H,4-6H2,1H3,(H,14,16). The van der Waals surface area contributed by atoms with Crippen LogP contribution in [0.3, 0.4) is 0 Å². The first-order valence-electron chi connectivity index (χ1n) is 5.59. The predicted molar refractivity (Wildman–Crippen MR) is 62.4 cm³/mol. The maximum atomic E-state index is 11.7. The number of benzene rings is 1. The van der Waals surface area contributed by atoms with Crippen molar-refractivity contribution in [2.45, 2.75) is 26.2 Å². The zero-order valence-electron chi connectivity index (χ0n) is 9.32. The summed E-state index contributed by atoms with van der Waals surface area (Å²) in [5.74, 6) is 0.157. The third kappa shape index (κ3) is 2.13. The molecule has 84 valence electrons. The predicted octanol–water partition coefficient (Wildman–Crippen LogP) is 2.63. The molecule has 1 saturated carbocycles. The van der Waals surface area contributed by atoms with Gasteiger partial charge in [-0.3, -0.25) is 9.59 Å². The number of Topliss-reactive ketones (excluding diaryl/α,β-unsaturated/α-hetero) is 1. The van der Waals surface area contributed by atoms with Gasteiger partial charge in [0.1, 0.15) is 0 Å². The summed E-state index contributed by atoms with van der Waals surface area (Å²) < 4.78 is 0. The summed E-state index contributed by atoms with van der Waals surface area (Å²) in [5, 5.41) is 2.83. The summed E-state index contributed by atoms with van der Waals surface area (Å²) >= 11 is 0. The first-order chi connectivity index (χ1) is 7.68. The minimum Gasteiger partial charge on any atom is -0.325 e. The van der Waals surface area contributed by atoms with Crippen molar-refractivity contribution >= 4 is 17.4 Å². The van der Waals surface area contributed by atoms with Gasteiger partial charge in [0.2, 0.25) is 5.91 Å². The highest BCUT2D eigenvalue weighted by atomic mass is 16.2. The lowest BCUT2D eigenvalue weighted by molar-refractivity contribution is -0.122. The molecular formula is C13H15NO2. The molecule has 3 heteroatoms. The monoisotopic (exact) mass is 217 g/mol. The van der Waals surface area contributed by atoms with Crippen molar-refractivity contribution < 1.29 is 9.59 Å². The Morgan fingerprint density at radius 2 is 1.94 bits per heavy atom. The van der Waals surface area contributed by atoms with Crippen LogP contribution >= 0.6 is 0 Å². The van der Waals surface area contributed by atoms with E-state index < -0.39 is 0 Å². The van der Waals surface area contributed by atoms with Crippen LogP contribution in [0.15, 0.2) is 24.3 Å². The van der Waals surface area contributed by atoms with Crippen molar-refractivity contribution in [1.29, 1.82) is 0 Å². The molecule has 1 N–H and O–H groups in total. The van der Waals surface area contributed by atoms with Crippen molar-refractivity contribution in [3.8, 4) is 0 Å². The van der Waals surface area contributed by atoms with Crippen LogP contribution in [0.2, 0.25) is 0 Å². The van der Waals surface area contributed by atoms with Crippen LogP contribution in [0.4, 0.5) is 5.69 Å². The van der Waals surface area contributed by atoms with E-state index in [2.05, 4.69) is 5.32 Å². The Kier molecular flexibility index (Phi) is 3.04. The summed E-state index contributed by atoms with van der Waals surface area (Å²) in [4.78, 5) is 23.1. The van der Waals surface area contributed by atoms with Crippen molar-refractivity contribution in [2.75, 3.05) is 5.32 Å². The summed E-state index contributed by atoms with van der Waals surface area (Å²) in [6.45, 7) is 1.51. The number of rotatable bonds is 3. The smallest absolute Gasteiger partial charge is 0.227 e. The van der Waals surface area contributed by atoms with Crippen LogP contribution in [-0.2, 0) is 4.79 Å². The Labute approximate surface area is 94.9 Å². The molecule has 2 rings (SSSR count). The van der Waals surface area contributed by atoms with Gasteiger partial charge in [-0.1, -0.05) is 18.6 Å². The van der Waals surface area contributed by atoms with Gasteiger partial charge in [-0.25, -0.2) is 0 Å². The highest BCUT2D eigenvalue weighted by Crippen LogP contribution is 2.28. The van der Waals surface area contributed by atoms with Crippen molar-refractivity contribution in [2.24, 2.45) is 5.92 Å². The fourth-order valence-electron chi connectivity index (χ4n) is 1.80. The van der Waals surface area contributed by atoms with Crippen LogP contribution < -0.4 is 5.32 Å². The fourth-order valence-corrected chi connectivity index (χ4v) is 1.80. The molecule has 0 aromatic heterocycles. The molecular weight excluding hydrogens is 202 g/mol. The first kappa shape index (κ1) is 10.9. The SMILES string of the molecule is CC(=O)c1ccccc1NC(=O)C1CCC1. The Bertz CT molecular complexity index is 422. The van der Waals surface area contributed by atoms with Gasteiger partial charge in [-0.05, 0) is 31.9 Å². The molecule has 0 bridgehead atoms. The number of para-hydroxylation sites is 1. The average molecular weight is 217 g/mol. The molecule has 1 aromatic carbocycles. The highest BCUT2D eigenvalue weighted by Gasteiger charge is 2.25. The lowest BCUT2D eigenvalue weighted by atomic mass is 9.84. The minimum absolute atomic E-state index is 0.0236. The van der Waals surface area contributed by atoms with Gasteiger partial charge in [-0.15, -0.1) is 0 Å². The first-order valence-corrected chi connectivity index (χ1v) is 5.59. The van der Waals surface area contributed by atoms with E-state index in [1.165, 1.54) is 6.92 Å². The summed E-state index contributed by atoms with van der Waals surface area (Å²) in [6, 6.07) is 7.13. The fraction of sp³-hybridized carbons (Fsp3) is 0.385.